The van der Waals surface area contributed by atoms with Crippen molar-refractivity contribution < 1.29 is 9.53 Å². The summed E-state index contributed by atoms with van der Waals surface area (Å²) in [6.07, 6.45) is 1.87. The summed E-state index contributed by atoms with van der Waals surface area (Å²) in [7, 11) is 1.60. The van der Waals surface area contributed by atoms with Crippen LogP contribution in [-0.2, 0) is 11.2 Å². The Morgan fingerprint density at radius 2 is 1.79 bits per heavy atom. The topological polar surface area (TPSA) is 50.7 Å². The second-order valence-electron chi connectivity index (χ2n) is 5.35. The molecule has 120 valence electrons. The third kappa shape index (κ3) is 3.60. The van der Waals surface area contributed by atoms with Crippen molar-refractivity contribution in [2.45, 2.75) is 6.42 Å². The quantitative estimate of drug-likeness (QED) is 0.578. The molecule has 0 atom stereocenters. The van der Waals surface area contributed by atoms with Gasteiger partial charge in [0, 0.05) is 5.56 Å². The summed E-state index contributed by atoms with van der Waals surface area (Å²) in [4.78, 5) is 12.1. The van der Waals surface area contributed by atoms with Crippen molar-refractivity contribution in [1.29, 1.82) is 0 Å². The van der Waals surface area contributed by atoms with Crippen LogP contribution >= 0.6 is 0 Å². The number of ether oxygens (including phenoxy) is 1. The molecule has 0 aromatic heterocycles. The Kier molecular flexibility index (Phi) is 4.87. The molecule has 0 aliphatic heterocycles. The molecule has 0 fully saturated rings. The molecule has 4 heteroatoms. The minimum absolute atomic E-state index is 0.155. The Balaban J connectivity index is 1.68. The lowest BCUT2D eigenvalue weighted by molar-refractivity contribution is -0.120. The molecule has 0 saturated heterocycles. The van der Waals surface area contributed by atoms with Crippen LogP contribution < -0.4 is 10.2 Å². The molecule has 0 bridgehead atoms. The molecule has 0 heterocycles. The summed E-state index contributed by atoms with van der Waals surface area (Å²) in [6.45, 7) is 0. The lowest BCUT2D eigenvalue weighted by atomic mass is 10.0. The van der Waals surface area contributed by atoms with Crippen LogP contribution in [0.2, 0.25) is 0 Å². The zero-order chi connectivity index (χ0) is 16.8. The monoisotopic (exact) mass is 318 g/mol. The largest absolute Gasteiger partial charge is 0.496 e. The third-order valence-corrected chi connectivity index (χ3v) is 3.76. The standard InChI is InChI=1S/C20H18N2O2/c1-24-19-12-5-3-8-17(19)14-21-22-20(23)13-16-10-6-9-15-7-2-4-11-18(15)16/h2-12,14H,13H2,1H3,(H,22,23). The van der Waals surface area contributed by atoms with E-state index in [0.717, 1.165) is 21.9 Å². The number of amides is 1. The van der Waals surface area contributed by atoms with Crippen molar-refractivity contribution in [3.8, 4) is 5.75 Å². The summed E-state index contributed by atoms with van der Waals surface area (Å²) in [5.74, 6) is 0.557. The van der Waals surface area contributed by atoms with Crippen molar-refractivity contribution in [1.82, 2.24) is 5.43 Å². The minimum Gasteiger partial charge on any atom is -0.496 e. The van der Waals surface area contributed by atoms with Gasteiger partial charge in [0.2, 0.25) is 5.91 Å². The Bertz CT molecular complexity index is 882. The first-order chi connectivity index (χ1) is 11.8. The SMILES string of the molecule is COc1ccccc1C=NNC(=O)Cc1cccc2ccccc12. The fraction of sp³-hybridized carbons (Fsp3) is 0.100. The van der Waals surface area contributed by atoms with Gasteiger partial charge in [-0.3, -0.25) is 4.79 Å². The summed E-state index contributed by atoms with van der Waals surface area (Å²) in [5, 5.41) is 6.23. The molecule has 1 N–H and O–H groups in total. The molecule has 0 aliphatic carbocycles. The van der Waals surface area contributed by atoms with E-state index in [1.165, 1.54) is 0 Å². The van der Waals surface area contributed by atoms with Crippen LogP contribution in [0.15, 0.2) is 71.8 Å². The van der Waals surface area contributed by atoms with E-state index in [1.807, 2.05) is 66.7 Å². The first kappa shape index (κ1) is 15.7. The number of fused-ring (bicyclic) bond motifs is 1. The van der Waals surface area contributed by atoms with Gasteiger partial charge in [0.1, 0.15) is 5.75 Å². The van der Waals surface area contributed by atoms with Gasteiger partial charge in [0.05, 0.1) is 19.7 Å². The van der Waals surface area contributed by atoms with E-state index in [2.05, 4.69) is 10.5 Å². The number of nitrogens with zero attached hydrogens (tertiary/aromatic N) is 1. The number of hydrogen-bond acceptors (Lipinski definition) is 3. The first-order valence-electron chi connectivity index (χ1n) is 7.69. The van der Waals surface area contributed by atoms with Gasteiger partial charge in [0.15, 0.2) is 0 Å². The van der Waals surface area contributed by atoms with Crippen LogP contribution in [0.3, 0.4) is 0 Å². The molecular weight excluding hydrogens is 300 g/mol. The fourth-order valence-corrected chi connectivity index (χ4v) is 2.61. The zero-order valence-corrected chi connectivity index (χ0v) is 13.4. The highest BCUT2D eigenvalue weighted by Gasteiger charge is 2.06. The van der Waals surface area contributed by atoms with Crippen LogP contribution in [0, 0.1) is 0 Å². The van der Waals surface area contributed by atoms with E-state index in [9.17, 15) is 4.79 Å². The predicted octanol–water partition coefficient (Wildman–Crippen LogP) is 3.54. The number of para-hydroxylation sites is 1. The van der Waals surface area contributed by atoms with Crippen LogP contribution in [-0.4, -0.2) is 19.2 Å². The van der Waals surface area contributed by atoms with E-state index < -0.39 is 0 Å². The molecule has 3 aromatic rings. The molecule has 0 spiro atoms. The van der Waals surface area contributed by atoms with Gasteiger partial charge in [-0.05, 0) is 28.5 Å². The van der Waals surface area contributed by atoms with E-state index in [-0.39, 0.29) is 12.3 Å². The number of carbonyl (C=O) groups is 1. The average Bonchev–Trinajstić information content (AvgIpc) is 2.62. The van der Waals surface area contributed by atoms with Crippen molar-refractivity contribution in [3.05, 3.63) is 77.9 Å². The van der Waals surface area contributed by atoms with Gasteiger partial charge in [-0.25, -0.2) is 5.43 Å². The highest BCUT2D eigenvalue weighted by atomic mass is 16.5. The summed E-state index contributed by atoms with van der Waals surface area (Å²) in [6, 6.07) is 21.5. The smallest absolute Gasteiger partial charge is 0.244 e. The second kappa shape index (κ2) is 7.42. The summed E-state index contributed by atoms with van der Waals surface area (Å²) >= 11 is 0. The maximum absolute atomic E-state index is 12.1. The maximum Gasteiger partial charge on any atom is 0.244 e. The second-order valence-corrected chi connectivity index (χ2v) is 5.35. The molecule has 3 aromatic carbocycles. The number of nitrogens with one attached hydrogen (secondary N) is 1. The van der Waals surface area contributed by atoms with E-state index >= 15 is 0 Å². The van der Waals surface area contributed by atoms with Gasteiger partial charge in [-0.15, -0.1) is 0 Å². The van der Waals surface area contributed by atoms with Gasteiger partial charge in [0.25, 0.3) is 0 Å². The van der Waals surface area contributed by atoms with E-state index in [1.54, 1.807) is 13.3 Å². The van der Waals surface area contributed by atoms with Crippen molar-refractivity contribution in [2.75, 3.05) is 7.11 Å². The molecule has 0 unspecified atom stereocenters. The number of carbonyl (C=O) groups excluding carboxylic acids is 1. The molecule has 4 nitrogen and oxygen atoms in total. The average molecular weight is 318 g/mol. The number of hydrazone groups is 1. The van der Waals surface area contributed by atoms with Crippen LogP contribution in [0.25, 0.3) is 10.8 Å². The number of methoxy groups -OCH3 is 1. The van der Waals surface area contributed by atoms with Crippen LogP contribution in [0.4, 0.5) is 0 Å². The molecule has 24 heavy (non-hydrogen) atoms. The summed E-state index contributed by atoms with van der Waals surface area (Å²) in [5.41, 5.74) is 4.37. The molecule has 3 rings (SSSR count). The molecule has 1 amide bonds. The predicted molar refractivity (Wildman–Crippen MR) is 96.4 cm³/mol. The molecule has 0 saturated carbocycles. The van der Waals surface area contributed by atoms with Crippen LogP contribution in [0.5, 0.6) is 5.75 Å². The number of benzene rings is 3. The first-order valence-corrected chi connectivity index (χ1v) is 7.69. The van der Waals surface area contributed by atoms with Gasteiger partial charge >= 0.3 is 0 Å². The Labute approximate surface area is 140 Å². The van der Waals surface area contributed by atoms with Gasteiger partial charge in [-0.1, -0.05) is 54.6 Å². The summed E-state index contributed by atoms with van der Waals surface area (Å²) < 4.78 is 5.24. The van der Waals surface area contributed by atoms with Crippen molar-refractivity contribution in [2.24, 2.45) is 5.10 Å². The van der Waals surface area contributed by atoms with E-state index in [0.29, 0.717) is 5.75 Å². The molecule has 0 aliphatic rings. The minimum atomic E-state index is -0.155. The molecule has 0 radical (unpaired) electrons. The Morgan fingerprint density at radius 1 is 1.04 bits per heavy atom. The highest BCUT2D eigenvalue weighted by Crippen LogP contribution is 2.19. The fourth-order valence-electron chi connectivity index (χ4n) is 2.61. The Hall–Kier alpha value is -3.14. The molecular formula is C20H18N2O2. The highest BCUT2D eigenvalue weighted by molar-refractivity contribution is 5.91. The lowest BCUT2D eigenvalue weighted by Crippen LogP contribution is -2.19. The lowest BCUT2D eigenvalue weighted by Gasteiger charge is -2.06. The van der Waals surface area contributed by atoms with Crippen LogP contribution in [0.1, 0.15) is 11.1 Å². The number of rotatable bonds is 5. The number of hydrogen-bond donors (Lipinski definition) is 1. The Morgan fingerprint density at radius 3 is 2.67 bits per heavy atom. The third-order valence-electron chi connectivity index (χ3n) is 3.76. The zero-order valence-electron chi connectivity index (χ0n) is 13.4. The maximum atomic E-state index is 12.1. The van der Waals surface area contributed by atoms with E-state index in [4.69, 9.17) is 4.74 Å². The normalized spacial score (nSPS) is 10.9. The van der Waals surface area contributed by atoms with Gasteiger partial charge < -0.3 is 4.74 Å². The van der Waals surface area contributed by atoms with Crippen molar-refractivity contribution in [3.63, 3.8) is 0 Å². The van der Waals surface area contributed by atoms with Gasteiger partial charge in [-0.2, -0.15) is 5.10 Å². The van der Waals surface area contributed by atoms with Crippen molar-refractivity contribution >= 4 is 22.9 Å².